The van der Waals surface area contributed by atoms with Gasteiger partial charge in [-0.25, -0.2) is 0 Å². The van der Waals surface area contributed by atoms with Gasteiger partial charge in [-0.1, -0.05) is 0 Å². The van der Waals surface area contributed by atoms with Gasteiger partial charge in [-0.05, 0) is 55.4 Å². The maximum absolute atomic E-state index is 12.8. The molecule has 0 aromatic rings. The van der Waals surface area contributed by atoms with Gasteiger partial charge in [0, 0.05) is 12.8 Å². The van der Waals surface area contributed by atoms with E-state index in [9.17, 15) is 9.59 Å². The Hall–Kier alpha value is -1.94. The molecule has 0 spiro atoms. The molecule has 23 heavy (non-hydrogen) atoms. The largest absolute Gasteiger partial charge is 0.459 e. The summed E-state index contributed by atoms with van der Waals surface area (Å²) >= 11 is 0. The van der Waals surface area contributed by atoms with Crippen molar-refractivity contribution in [1.82, 2.24) is 0 Å². The summed E-state index contributed by atoms with van der Waals surface area (Å²) < 4.78 is 10.9. The van der Waals surface area contributed by atoms with Gasteiger partial charge in [-0.15, -0.1) is 23.7 Å². The first-order valence-corrected chi connectivity index (χ1v) is 7.64. The Kier molecular flexibility index (Phi) is 7.38. The topological polar surface area (TPSA) is 52.6 Å². The molecule has 0 saturated heterocycles. The zero-order chi connectivity index (χ0) is 18.3. The van der Waals surface area contributed by atoms with Gasteiger partial charge >= 0.3 is 11.9 Å². The average molecular weight is 320 g/mol. The second-order valence-corrected chi connectivity index (χ2v) is 7.29. The van der Waals surface area contributed by atoms with Gasteiger partial charge in [0.15, 0.2) is 5.41 Å². The van der Waals surface area contributed by atoms with Crippen LogP contribution < -0.4 is 0 Å². The highest BCUT2D eigenvalue weighted by Crippen LogP contribution is 2.33. The Morgan fingerprint density at radius 3 is 1.26 bits per heavy atom. The fraction of sp³-hybridized carbons (Fsp3) is 0.684. The van der Waals surface area contributed by atoms with Crippen LogP contribution in [0.4, 0.5) is 0 Å². The lowest BCUT2D eigenvalue weighted by Crippen LogP contribution is -2.46. The summed E-state index contributed by atoms with van der Waals surface area (Å²) in [6.07, 6.45) is 0.0318. The van der Waals surface area contributed by atoms with Gasteiger partial charge < -0.3 is 9.47 Å². The molecule has 0 unspecified atom stereocenters. The Labute approximate surface area is 140 Å². The van der Waals surface area contributed by atoms with Crippen molar-refractivity contribution in [2.75, 3.05) is 0 Å². The number of rotatable bonds is 4. The van der Waals surface area contributed by atoms with Crippen molar-refractivity contribution in [1.29, 1.82) is 0 Å². The van der Waals surface area contributed by atoms with Gasteiger partial charge in [-0.2, -0.15) is 0 Å². The molecular weight excluding hydrogens is 292 g/mol. The Bertz CT molecular complexity index is 499. The van der Waals surface area contributed by atoms with E-state index in [1.165, 1.54) is 0 Å². The fourth-order valence-electron chi connectivity index (χ4n) is 1.66. The Morgan fingerprint density at radius 2 is 1.04 bits per heavy atom. The summed E-state index contributed by atoms with van der Waals surface area (Å²) in [4.78, 5) is 25.5. The van der Waals surface area contributed by atoms with Crippen LogP contribution in [0.1, 0.15) is 68.2 Å². The second-order valence-electron chi connectivity index (χ2n) is 7.29. The zero-order valence-electron chi connectivity index (χ0n) is 15.5. The molecule has 0 aromatic carbocycles. The van der Waals surface area contributed by atoms with Gasteiger partial charge in [0.1, 0.15) is 11.2 Å². The van der Waals surface area contributed by atoms with Crippen LogP contribution in [-0.4, -0.2) is 23.1 Å². The average Bonchev–Trinajstić information content (AvgIpc) is 2.35. The minimum absolute atomic E-state index is 0.0159. The van der Waals surface area contributed by atoms with Crippen LogP contribution in [0.25, 0.3) is 0 Å². The lowest BCUT2D eigenvalue weighted by atomic mass is 9.81. The number of carbonyl (C=O) groups is 2. The molecular formula is C19H28O4. The molecule has 0 aliphatic heterocycles. The molecule has 0 heterocycles. The van der Waals surface area contributed by atoms with Crippen LogP contribution in [0.2, 0.25) is 0 Å². The quantitative estimate of drug-likeness (QED) is 0.452. The third kappa shape index (κ3) is 7.24. The lowest BCUT2D eigenvalue weighted by molar-refractivity contribution is -0.184. The van der Waals surface area contributed by atoms with Crippen LogP contribution in [-0.2, 0) is 19.1 Å². The highest BCUT2D eigenvalue weighted by molar-refractivity contribution is 6.01. The van der Waals surface area contributed by atoms with Crippen LogP contribution in [0, 0.1) is 29.1 Å². The molecule has 0 radical (unpaired) electrons. The van der Waals surface area contributed by atoms with Gasteiger partial charge in [-0.3, -0.25) is 9.59 Å². The number of hydrogen-bond donors (Lipinski definition) is 0. The van der Waals surface area contributed by atoms with Crippen molar-refractivity contribution >= 4 is 11.9 Å². The first-order chi connectivity index (χ1) is 10.4. The molecule has 0 amide bonds. The van der Waals surface area contributed by atoms with Gasteiger partial charge in [0.05, 0.1) is 0 Å². The minimum atomic E-state index is -1.54. The van der Waals surface area contributed by atoms with Crippen LogP contribution in [0.3, 0.4) is 0 Å². The summed E-state index contributed by atoms with van der Waals surface area (Å²) in [6, 6.07) is 0. The van der Waals surface area contributed by atoms with Crippen LogP contribution in [0.5, 0.6) is 0 Å². The molecule has 0 saturated carbocycles. The Morgan fingerprint density at radius 1 is 0.739 bits per heavy atom. The molecule has 0 fully saturated rings. The maximum atomic E-state index is 12.8. The van der Waals surface area contributed by atoms with E-state index in [1.807, 2.05) is 0 Å². The Balaban J connectivity index is 5.91. The highest BCUT2D eigenvalue weighted by atomic mass is 16.6. The number of carbonyl (C=O) groups excluding carboxylic acids is 2. The normalized spacial score (nSPS) is 11.5. The van der Waals surface area contributed by atoms with E-state index in [0.717, 1.165) is 0 Å². The van der Waals surface area contributed by atoms with Crippen molar-refractivity contribution in [2.45, 2.75) is 79.4 Å². The molecule has 0 atom stereocenters. The van der Waals surface area contributed by atoms with E-state index in [1.54, 1.807) is 55.4 Å². The summed E-state index contributed by atoms with van der Waals surface area (Å²) in [6.45, 7) is 13.8. The second kappa shape index (κ2) is 8.06. The summed E-state index contributed by atoms with van der Waals surface area (Å²) in [5.41, 5.74) is -2.97. The molecule has 0 rings (SSSR count). The summed E-state index contributed by atoms with van der Waals surface area (Å²) in [7, 11) is 0. The molecule has 0 aliphatic carbocycles. The van der Waals surface area contributed by atoms with E-state index in [0.29, 0.717) is 0 Å². The summed E-state index contributed by atoms with van der Waals surface area (Å²) in [5, 5.41) is 0. The van der Waals surface area contributed by atoms with Crippen molar-refractivity contribution in [2.24, 2.45) is 5.41 Å². The predicted molar refractivity (Wildman–Crippen MR) is 90.3 cm³/mol. The van der Waals surface area contributed by atoms with E-state index in [-0.39, 0.29) is 12.8 Å². The fourth-order valence-corrected chi connectivity index (χ4v) is 1.66. The summed E-state index contributed by atoms with van der Waals surface area (Å²) in [5.74, 6) is 9.77. The smallest absolute Gasteiger partial charge is 0.326 e. The van der Waals surface area contributed by atoms with Crippen LogP contribution in [0.15, 0.2) is 0 Å². The molecule has 0 aromatic heterocycles. The maximum Gasteiger partial charge on any atom is 0.326 e. The van der Waals surface area contributed by atoms with Crippen molar-refractivity contribution in [3.05, 3.63) is 0 Å². The van der Waals surface area contributed by atoms with E-state index >= 15 is 0 Å². The molecule has 128 valence electrons. The minimum Gasteiger partial charge on any atom is -0.459 e. The van der Waals surface area contributed by atoms with Crippen molar-refractivity contribution < 1.29 is 19.1 Å². The van der Waals surface area contributed by atoms with Gasteiger partial charge in [0.25, 0.3) is 0 Å². The van der Waals surface area contributed by atoms with E-state index in [4.69, 9.17) is 9.47 Å². The molecule has 4 nitrogen and oxygen atoms in total. The van der Waals surface area contributed by atoms with Gasteiger partial charge in [0.2, 0.25) is 0 Å². The predicted octanol–water partition coefficient (Wildman–Crippen LogP) is 3.48. The zero-order valence-corrected chi connectivity index (χ0v) is 15.5. The third-order valence-electron chi connectivity index (χ3n) is 2.71. The number of ether oxygens (including phenoxy) is 2. The molecule has 0 N–H and O–H groups in total. The molecule has 0 aliphatic rings. The third-order valence-corrected chi connectivity index (χ3v) is 2.71. The molecule has 0 bridgehead atoms. The SMILES string of the molecule is CC#CCC(CC#CC)(C(=O)OC(C)(C)C)C(=O)OC(C)(C)C. The number of hydrogen-bond acceptors (Lipinski definition) is 4. The standard InChI is InChI=1S/C19H28O4/c1-9-11-13-19(14-12-10-2,15(20)22-17(3,4)5)16(21)23-18(6,7)8/h13-14H2,1-8H3. The van der Waals surface area contributed by atoms with Crippen molar-refractivity contribution in [3.8, 4) is 23.7 Å². The first-order valence-electron chi connectivity index (χ1n) is 7.64. The number of esters is 2. The van der Waals surface area contributed by atoms with Crippen molar-refractivity contribution in [3.63, 3.8) is 0 Å². The molecule has 4 heteroatoms. The first kappa shape index (κ1) is 21.1. The highest BCUT2D eigenvalue weighted by Gasteiger charge is 2.50. The van der Waals surface area contributed by atoms with Crippen LogP contribution >= 0.6 is 0 Å². The van der Waals surface area contributed by atoms with E-state index in [2.05, 4.69) is 23.7 Å². The monoisotopic (exact) mass is 320 g/mol. The lowest BCUT2D eigenvalue weighted by Gasteiger charge is -2.32. The van der Waals surface area contributed by atoms with E-state index < -0.39 is 28.6 Å².